The lowest BCUT2D eigenvalue weighted by molar-refractivity contribution is 0.0977. The van der Waals surface area contributed by atoms with Gasteiger partial charge in [0, 0.05) is 15.7 Å². The summed E-state index contributed by atoms with van der Waals surface area (Å²) in [6, 6.07) is 17.9. The molecule has 4 rings (SSSR count). The van der Waals surface area contributed by atoms with Crippen molar-refractivity contribution in [1.82, 2.24) is 10.3 Å². The summed E-state index contributed by atoms with van der Waals surface area (Å²) in [6.07, 6.45) is 0. The van der Waals surface area contributed by atoms with Gasteiger partial charge in [0.1, 0.15) is 5.52 Å². The van der Waals surface area contributed by atoms with E-state index >= 15 is 0 Å². The first kappa shape index (κ1) is 21.8. The second kappa shape index (κ2) is 9.37. The zero-order chi connectivity index (χ0) is 22.7. The lowest BCUT2D eigenvalue weighted by atomic mass is 10.2. The van der Waals surface area contributed by atoms with Crippen molar-refractivity contribution in [3.8, 4) is 23.0 Å². The number of nitrogens with one attached hydrogen (secondary N) is 2. The third-order valence-corrected chi connectivity index (χ3v) is 5.52. The number of carbonyl (C=O) groups is 1. The van der Waals surface area contributed by atoms with E-state index in [1.165, 1.54) is 0 Å². The maximum absolute atomic E-state index is 12.4. The Hall–Kier alpha value is -3.43. The van der Waals surface area contributed by atoms with Crippen LogP contribution in [0.2, 0.25) is 0 Å². The van der Waals surface area contributed by atoms with Gasteiger partial charge in [-0.15, -0.1) is 0 Å². The molecule has 7 nitrogen and oxygen atoms in total. The molecule has 1 amide bonds. The molecule has 1 heterocycles. The number of aromatic nitrogens is 1. The number of amides is 1. The molecule has 4 aromatic rings. The van der Waals surface area contributed by atoms with E-state index in [0.29, 0.717) is 44.2 Å². The van der Waals surface area contributed by atoms with Crippen LogP contribution in [0.1, 0.15) is 10.4 Å². The van der Waals surface area contributed by atoms with Crippen molar-refractivity contribution in [2.45, 2.75) is 0 Å². The van der Waals surface area contributed by atoms with Crippen LogP contribution in [0.15, 0.2) is 69.6 Å². The van der Waals surface area contributed by atoms with Crippen molar-refractivity contribution in [2.75, 3.05) is 19.5 Å². The fraction of sp³-hybridized carbons (Fsp3) is 0.0870. The lowest BCUT2D eigenvalue weighted by Crippen LogP contribution is -2.34. The lowest BCUT2D eigenvalue weighted by Gasteiger charge is -2.10. The molecule has 0 aliphatic heterocycles. The van der Waals surface area contributed by atoms with Crippen molar-refractivity contribution < 1.29 is 18.7 Å². The number of benzene rings is 3. The second-order valence-electron chi connectivity index (χ2n) is 6.66. The third-order valence-electron chi connectivity index (χ3n) is 4.62. The first-order valence-corrected chi connectivity index (χ1v) is 10.7. The number of fused-ring (bicyclic) bond motifs is 1. The Balaban J connectivity index is 1.51. The molecular weight excluding hydrogens is 494 g/mol. The summed E-state index contributed by atoms with van der Waals surface area (Å²) < 4.78 is 17.2. The van der Waals surface area contributed by atoms with Gasteiger partial charge in [-0.05, 0) is 76.7 Å². The molecule has 0 saturated carbocycles. The Morgan fingerprint density at radius 1 is 1.03 bits per heavy atom. The number of hydrogen-bond donors (Lipinski definition) is 2. The van der Waals surface area contributed by atoms with Crippen LogP contribution in [0.5, 0.6) is 11.5 Å². The Kier molecular flexibility index (Phi) is 6.38. The first-order valence-electron chi connectivity index (χ1n) is 9.48. The third kappa shape index (κ3) is 4.58. The van der Waals surface area contributed by atoms with Crippen molar-refractivity contribution >= 4 is 56.0 Å². The summed E-state index contributed by atoms with van der Waals surface area (Å²) in [4.78, 5) is 17.0. The average Bonchev–Trinajstić information content (AvgIpc) is 3.22. The van der Waals surface area contributed by atoms with Gasteiger partial charge in [-0.2, -0.15) is 0 Å². The van der Waals surface area contributed by atoms with Gasteiger partial charge < -0.3 is 19.2 Å². The van der Waals surface area contributed by atoms with Crippen LogP contribution in [-0.2, 0) is 0 Å². The van der Waals surface area contributed by atoms with Crippen LogP contribution < -0.4 is 20.1 Å². The van der Waals surface area contributed by atoms with Crippen LogP contribution in [-0.4, -0.2) is 30.2 Å². The van der Waals surface area contributed by atoms with E-state index in [2.05, 4.69) is 31.5 Å². The van der Waals surface area contributed by atoms with Crippen LogP contribution in [0.3, 0.4) is 0 Å². The van der Waals surface area contributed by atoms with Gasteiger partial charge >= 0.3 is 0 Å². The molecule has 0 aliphatic rings. The molecule has 0 bridgehead atoms. The molecule has 0 aliphatic carbocycles. The Morgan fingerprint density at radius 2 is 1.81 bits per heavy atom. The van der Waals surface area contributed by atoms with Crippen LogP contribution in [0.25, 0.3) is 22.6 Å². The largest absolute Gasteiger partial charge is 0.493 e. The molecule has 0 unspecified atom stereocenters. The van der Waals surface area contributed by atoms with E-state index in [9.17, 15) is 4.79 Å². The molecule has 32 heavy (non-hydrogen) atoms. The van der Waals surface area contributed by atoms with Crippen molar-refractivity contribution in [2.24, 2.45) is 0 Å². The van der Waals surface area contributed by atoms with E-state index in [1.807, 2.05) is 12.1 Å². The fourth-order valence-corrected chi connectivity index (χ4v) is 3.75. The molecule has 3 aromatic carbocycles. The summed E-state index contributed by atoms with van der Waals surface area (Å²) >= 11 is 8.64. The predicted molar refractivity (Wildman–Crippen MR) is 130 cm³/mol. The van der Waals surface area contributed by atoms with Gasteiger partial charge in [0.15, 0.2) is 22.2 Å². The number of rotatable bonds is 5. The molecule has 0 radical (unpaired) electrons. The highest BCUT2D eigenvalue weighted by Crippen LogP contribution is 2.33. The second-order valence-corrected chi connectivity index (χ2v) is 7.92. The normalized spacial score (nSPS) is 10.6. The molecule has 2 N–H and O–H groups in total. The van der Waals surface area contributed by atoms with Crippen molar-refractivity contribution in [3.63, 3.8) is 0 Å². The van der Waals surface area contributed by atoms with Gasteiger partial charge in [-0.25, -0.2) is 4.98 Å². The number of ether oxygens (including phenoxy) is 2. The summed E-state index contributed by atoms with van der Waals surface area (Å²) in [5, 5.41) is 5.85. The van der Waals surface area contributed by atoms with Crippen LogP contribution >= 0.6 is 28.1 Å². The minimum Gasteiger partial charge on any atom is -0.493 e. The van der Waals surface area contributed by atoms with E-state index in [0.717, 1.165) is 5.56 Å². The van der Waals surface area contributed by atoms with Crippen LogP contribution in [0, 0.1) is 0 Å². The summed E-state index contributed by atoms with van der Waals surface area (Å²) in [5.74, 6) is 1.34. The fourth-order valence-electron chi connectivity index (χ4n) is 3.08. The zero-order valence-electron chi connectivity index (χ0n) is 17.1. The number of oxazole rings is 1. The highest BCUT2D eigenvalue weighted by Gasteiger charge is 2.14. The molecule has 0 spiro atoms. The van der Waals surface area contributed by atoms with Gasteiger partial charge in [0.25, 0.3) is 5.91 Å². The molecule has 0 fully saturated rings. The van der Waals surface area contributed by atoms with E-state index in [-0.39, 0.29) is 11.0 Å². The smallest absolute Gasteiger partial charge is 0.258 e. The Labute approximate surface area is 197 Å². The standard InChI is InChI=1S/C23H18BrN3O4S/c1-29-19-9-7-13(11-20(19)30-2)22-26-17-12-14(8-10-18(17)31-22)25-23(32)27-21(28)15-5-3-4-6-16(15)24/h3-12H,1-2H3,(H2,25,27,28,32). The van der Waals surface area contributed by atoms with Crippen molar-refractivity contribution in [3.05, 3.63) is 70.7 Å². The predicted octanol–water partition coefficient (Wildman–Crippen LogP) is 5.40. The molecular formula is C23H18BrN3O4S. The summed E-state index contributed by atoms with van der Waals surface area (Å²) in [5.41, 5.74) is 3.16. The number of hydrogen-bond acceptors (Lipinski definition) is 6. The minimum atomic E-state index is -0.312. The van der Waals surface area contributed by atoms with Gasteiger partial charge in [0.2, 0.25) is 5.89 Å². The zero-order valence-corrected chi connectivity index (χ0v) is 19.5. The SMILES string of the molecule is COc1ccc(-c2nc3cc(NC(=S)NC(=O)c4ccccc4Br)ccc3o2)cc1OC. The highest BCUT2D eigenvalue weighted by atomic mass is 79.9. The highest BCUT2D eigenvalue weighted by molar-refractivity contribution is 9.10. The van der Waals surface area contributed by atoms with E-state index in [4.69, 9.17) is 26.1 Å². The quantitative estimate of drug-likeness (QED) is 0.347. The van der Waals surface area contributed by atoms with Gasteiger partial charge in [-0.1, -0.05) is 12.1 Å². The topological polar surface area (TPSA) is 85.6 Å². The maximum Gasteiger partial charge on any atom is 0.258 e. The van der Waals surface area contributed by atoms with Crippen LogP contribution in [0.4, 0.5) is 5.69 Å². The van der Waals surface area contributed by atoms with Crippen molar-refractivity contribution in [1.29, 1.82) is 0 Å². The average molecular weight is 512 g/mol. The van der Waals surface area contributed by atoms with Gasteiger partial charge in [-0.3, -0.25) is 10.1 Å². The Bertz CT molecular complexity index is 1320. The number of methoxy groups -OCH3 is 2. The molecule has 1 aromatic heterocycles. The van der Waals surface area contributed by atoms with E-state index < -0.39 is 0 Å². The van der Waals surface area contributed by atoms with Gasteiger partial charge in [0.05, 0.1) is 19.8 Å². The number of nitrogens with zero attached hydrogens (tertiary/aromatic N) is 1. The summed E-state index contributed by atoms with van der Waals surface area (Å²) in [7, 11) is 3.15. The number of anilines is 1. The summed E-state index contributed by atoms with van der Waals surface area (Å²) in [6.45, 7) is 0. The molecule has 0 saturated heterocycles. The Morgan fingerprint density at radius 3 is 2.56 bits per heavy atom. The van der Waals surface area contributed by atoms with E-state index in [1.54, 1.807) is 62.8 Å². The monoisotopic (exact) mass is 511 g/mol. The maximum atomic E-state index is 12.4. The number of thiocarbonyl (C=S) groups is 1. The molecule has 0 atom stereocenters. The number of halogens is 1. The minimum absolute atomic E-state index is 0.175. The number of carbonyl (C=O) groups excluding carboxylic acids is 1. The first-order chi connectivity index (χ1) is 15.5. The molecule has 9 heteroatoms. The molecule has 162 valence electrons.